The Hall–Kier alpha value is -2.37. The zero-order valence-electron chi connectivity index (χ0n) is 13.0. The number of carbonyl (C=O) groups is 1. The van der Waals surface area contributed by atoms with Crippen LogP contribution in [0.3, 0.4) is 0 Å². The molecule has 1 N–H and O–H groups in total. The second-order valence-corrected chi connectivity index (χ2v) is 6.53. The van der Waals surface area contributed by atoms with Gasteiger partial charge in [-0.1, -0.05) is 23.7 Å². The molecule has 0 bridgehead atoms. The van der Waals surface area contributed by atoms with Gasteiger partial charge in [0.05, 0.1) is 17.3 Å². The van der Waals surface area contributed by atoms with E-state index in [9.17, 15) is 4.79 Å². The molecule has 0 aliphatic heterocycles. The fourth-order valence-electron chi connectivity index (χ4n) is 2.23. The van der Waals surface area contributed by atoms with Gasteiger partial charge in [0.15, 0.2) is 0 Å². The predicted octanol–water partition coefficient (Wildman–Crippen LogP) is 4.29. The van der Waals surface area contributed by atoms with E-state index in [-0.39, 0.29) is 5.91 Å². The average Bonchev–Trinajstić information content (AvgIpc) is 3.01. The SMILES string of the molecule is COc1ccc(Cl)cc1CNC(=O)/C=C/c1nc2ccccc2s1. The molecule has 0 fully saturated rings. The fraction of sp³-hybridized carbons (Fsp3) is 0.111. The fourth-order valence-corrected chi connectivity index (χ4v) is 3.30. The molecule has 122 valence electrons. The molecule has 2 aromatic carbocycles. The van der Waals surface area contributed by atoms with Crippen LogP contribution in [0.5, 0.6) is 5.75 Å². The molecule has 0 saturated carbocycles. The Bertz CT molecular complexity index is 872. The number of amides is 1. The highest BCUT2D eigenvalue weighted by Crippen LogP contribution is 2.23. The standard InChI is InChI=1S/C18H15ClN2O2S/c1-23-15-7-6-13(19)10-12(15)11-20-17(22)8-9-18-21-14-4-2-3-5-16(14)24-18/h2-10H,11H2,1H3,(H,20,22)/b9-8+. The first-order chi connectivity index (χ1) is 11.7. The first-order valence-corrected chi connectivity index (χ1v) is 8.49. The second-order valence-electron chi connectivity index (χ2n) is 5.03. The molecule has 0 unspecified atom stereocenters. The third-order valence-corrected chi connectivity index (χ3v) is 4.62. The molecule has 4 nitrogen and oxygen atoms in total. The van der Waals surface area contributed by atoms with Gasteiger partial charge in [0.25, 0.3) is 0 Å². The number of para-hydroxylation sites is 1. The summed E-state index contributed by atoms with van der Waals surface area (Å²) in [7, 11) is 1.58. The molecule has 1 amide bonds. The van der Waals surface area contributed by atoms with Crippen molar-refractivity contribution >= 4 is 45.1 Å². The quantitative estimate of drug-likeness (QED) is 0.692. The van der Waals surface area contributed by atoms with E-state index in [0.717, 1.165) is 20.8 Å². The Morgan fingerprint density at radius 2 is 2.17 bits per heavy atom. The first kappa shape index (κ1) is 16.5. The lowest BCUT2D eigenvalue weighted by Crippen LogP contribution is -2.20. The average molecular weight is 359 g/mol. The maximum Gasteiger partial charge on any atom is 0.244 e. The number of fused-ring (bicyclic) bond motifs is 1. The number of rotatable bonds is 5. The smallest absolute Gasteiger partial charge is 0.244 e. The van der Waals surface area contributed by atoms with Gasteiger partial charge in [-0.3, -0.25) is 4.79 Å². The van der Waals surface area contributed by atoms with Crippen molar-refractivity contribution in [2.24, 2.45) is 0 Å². The number of hydrogen-bond donors (Lipinski definition) is 1. The number of halogens is 1. The number of methoxy groups -OCH3 is 1. The van der Waals surface area contributed by atoms with Gasteiger partial charge in [-0.25, -0.2) is 4.98 Å². The van der Waals surface area contributed by atoms with Crippen LogP contribution >= 0.6 is 22.9 Å². The lowest BCUT2D eigenvalue weighted by Gasteiger charge is -2.09. The van der Waals surface area contributed by atoms with Crippen molar-refractivity contribution in [1.82, 2.24) is 10.3 Å². The van der Waals surface area contributed by atoms with Crippen LogP contribution in [0.25, 0.3) is 16.3 Å². The minimum absolute atomic E-state index is 0.198. The molecule has 0 aliphatic carbocycles. The van der Waals surface area contributed by atoms with Gasteiger partial charge in [0.2, 0.25) is 5.91 Å². The van der Waals surface area contributed by atoms with Gasteiger partial charge in [-0.2, -0.15) is 0 Å². The van der Waals surface area contributed by atoms with Gasteiger partial charge in [-0.15, -0.1) is 11.3 Å². The molecule has 0 saturated heterocycles. The van der Waals surface area contributed by atoms with E-state index >= 15 is 0 Å². The van der Waals surface area contributed by atoms with E-state index in [0.29, 0.717) is 17.3 Å². The number of benzene rings is 2. The lowest BCUT2D eigenvalue weighted by molar-refractivity contribution is -0.116. The van der Waals surface area contributed by atoms with Gasteiger partial charge in [-0.05, 0) is 36.4 Å². The van der Waals surface area contributed by atoms with Crippen molar-refractivity contribution < 1.29 is 9.53 Å². The Labute approximate surface area is 148 Å². The largest absolute Gasteiger partial charge is 0.496 e. The summed E-state index contributed by atoms with van der Waals surface area (Å²) in [5.41, 5.74) is 1.76. The van der Waals surface area contributed by atoms with E-state index in [4.69, 9.17) is 16.3 Å². The second kappa shape index (κ2) is 7.47. The summed E-state index contributed by atoms with van der Waals surface area (Å²) in [5.74, 6) is 0.492. The molecule has 0 spiro atoms. The van der Waals surface area contributed by atoms with Crippen molar-refractivity contribution in [2.45, 2.75) is 6.54 Å². The molecule has 1 heterocycles. The van der Waals surface area contributed by atoms with E-state index in [2.05, 4.69) is 10.3 Å². The summed E-state index contributed by atoms with van der Waals surface area (Å²) in [6.07, 6.45) is 3.20. The number of aromatic nitrogens is 1. The van der Waals surface area contributed by atoms with Crippen molar-refractivity contribution in [3.05, 3.63) is 64.1 Å². The molecule has 24 heavy (non-hydrogen) atoms. The Kier molecular flexibility index (Phi) is 5.13. The minimum Gasteiger partial charge on any atom is -0.496 e. The summed E-state index contributed by atoms with van der Waals surface area (Å²) in [4.78, 5) is 16.5. The molecule has 0 atom stereocenters. The maximum atomic E-state index is 12.0. The van der Waals surface area contributed by atoms with Crippen molar-refractivity contribution in [3.8, 4) is 5.75 Å². The normalized spacial score (nSPS) is 11.1. The number of hydrogen-bond acceptors (Lipinski definition) is 4. The first-order valence-electron chi connectivity index (χ1n) is 7.29. The van der Waals surface area contributed by atoms with Crippen LogP contribution < -0.4 is 10.1 Å². The topological polar surface area (TPSA) is 51.2 Å². The third kappa shape index (κ3) is 3.93. The summed E-state index contributed by atoms with van der Waals surface area (Å²) >= 11 is 7.53. The molecular weight excluding hydrogens is 344 g/mol. The van der Waals surface area contributed by atoms with Crippen LogP contribution in [0, 0.1) is 0 Å². The lowest BCUT2D eigenvalue weighted by atomic mass is 10.2. The highest BCUT2D eigenvalue weighted by atomic mass is 35.5. The van der Waals surface area contributed by atoms with Crippen LogP contribution in [-0.4, -0.2) is 18.0 Å². The van der Waals surface area contributed by atoms with Gasteiger partial charge >= 0.3 is 0 Å². The van der Waals surface area contributed by atoms with Crippen molar-refractivity contribution in [3.63, 3.8) is 0 Å². The van der Waals surface area contributed by atoms with E-state index in [1.54, 1.807) is 42.7 Å². The Morgan fingerprint density at radius 1 is 1.33 bits per heavy atom. The third-order valence-electron chi connectivity index (χ3n) is 3.38. The molecule has 3 aromatic rings. The molecule has 0 radical (unpaired) electrons. The number of ether oxygens (including phenoxy) is 1. The summed E-state index contributed by atoms with van der Waals surface area (Å²) in [6, 6.07) is 13.2. The molecule has 1 aromatic heterocycles. The highest BCUT2D eigenvalue weighted by Gasteiger charge is 2.05. The van der Waals surface area contributed by atoms with Crippen LogP contribution in [0.2, 0.25) is 5.02 Å². The highest BCUT2D eigenvalue weighted by molar-refractivity contribution is 7.19. The summed E-state index contributed by atoms with van der Waals surface area (Å²) in [6.45, 7) is 0.340. The van der Waals surface area contributed by atoms with E-state index < -0.39 is 0 Å². The molecule has 3 rings (SSSR count). The maximum absolute atomic E-state index is 12.0. The summed E-state index contributed by atoms with van der Waals surface area (Å²) in [5, 5.41) is 4.22. The molecular formula is C18H15ClN2O2S. The summed E-state index contributed by atoms with van der Waals surface area (Å²) < 4.78 is 6.36. The van der Waals surface area contributed by atoms with Gasteiger partial charge in [0.1, 0.15) is 10.8 Å². The van der Waals surface area contributed by atoms with Crippen LogP contribution in [-0.2, 0) is 11.3 Å². The monoisotopic (exact) mass is 358 g/mol. The number of carbonyl (C=O) groups excluding carboxylic acids is 1. The van der Waals surface area contributed by atoms with E-state index in [1.807, 2.05) is 24.3 Å². The van der Waals surface area contributed by atoms with Crippen LogP contribution in [0.15, 0.2) is 48.5 Å². The Balaban J connectivity index is 1.64. The molecule has 0 aliphatic rings. The van der Waals surface area contributed by atoms with Crippen molar-refractivity contribution in [2.75, 3.05) is 7.11 Å². The van der Waals surface area contributed by atoms with Crippen LogP contribution in [0.1, 0.15) is 10.6 Å². The zero-order chi connectivity index (χ0) is 16.9. The Morgan fingerprint density at radius 3 is 2.96 bits per heavy atom. The molecule has 6 heteroatoms. The van der Waals surface area contributed by atoms with Crippen LogP contribution in [0.4, 0.5) is 0 Å². The number of thiazole rings is 1. The van der Waals surface area contributed by atoms with Crippen molar-refractivity contribution in [1.29, 1.82) is 0 Å². The van der Waals surface area contributed by atoms with Gasteiger partial charge in [0, 0.05) is 23.2 Å². The number of nitrogens with zero attached hydrogens (tertiary/aromatic N) is 1. The minimum atomic E-state index is -0.198. The van der Waals surface area contributed by atoms with Gasteiger partial charge < -0.3 is 10.1 Å². The zero-order valence-corrected chi connectivity index (χ0v) is 14.5. The van der Waals surface area contributed by atoms with E-state index in [1.165, 1.54) is 6.08 Å². The number of nitrogens with one attached hydrogen (secondary N) is 1. The predicted molar refractivity (Wildman–Crippen MR) is 98.5 cm³/mol.